The lowest BCUT2D eigenvalue weighted by Crippen LogP contribution is -2.11. The highest BCUT2D eigenvalue weighted by molar-refractivity contribution is 5.36. The Balaban J connectivity index is 2.85. The van der Waals surface area contributed by atoms with Crippen LogP contribution in [0.5, 0.6) is 5.75 Å². The molecule has 0 heterocycles. The van der Waals surface area contributed by atoms with Gasteiger partial charge in [-0.3, -0.25) is 0 Å². The number of methoxy groups -OCH3 is 1. The molecule has 0 aromatic heterocycles. The van der Waals surface area contributed by atoms with Crippen LogP contribution in [0.4, 0.5) is 4.39 Å². The van der Waals surface area contributed by atoms with Crippen LogP contribution in [0.2, 0.25) is 0 Å². The summed E-state index contributed by atoms with van der Waals surface area (Å²) < 4.78 is 18.2. The van der Waals surface area contributed by atoms with E-state index < -0.39 is 0 Å². The van der Waals surface area contributed by atoms with Crippen molar-refractivity contribution in [1.82, 2.24) is 0 Å². The molecule has 0 unspecified atom stereocenters. The van der Waals surface area contributed by atoms with Gasteiger partial charge in [0.1, 0.15) is 11.6 Å². The molecule has 0 amide bonds. The van der Waals surface area contributed by atoms with Gasteiger partial charge in [0.15, 0.2) is 0 Å². The Bertz CT molecular complexity index is 314. The van der Waals surface area contributed by atoms with E-state index in [0.717, 1.165) is 24.8 Å². The fourth-order valence-corrected chi connectivity index (χ4v) is 1.57. The van der Waals surface area contributed by atoms with Gasteiger partial charge in [0.25, 0.3) is 0 Å². The highest BCUT2D eigenvalue weighted by atomic mass is 19.1. The van der Waals surface area contributed by atoms with Crippen LogP contribution in [-0.2, 0) is 0 Å². The molecular formula is C12H18FNO. The minimum Gasteiger partial charge on any atom is -0.496 e. The van der Waals surface area contributed by atoms with Gasteiger partial charge in [-0.25, -0.2) is 4.39 Å². The van der Waals surface area contributed by atoms with Crippen LogP contribution in [0.1, 0.15) is 37.8 Å². The lowest BCUT2D eigenvalue weighted by molar-refractivity contribution is 0.402. The number of unbranched alkanes of at least 4 members (excludes halogenated alkanes) is 1. The van der Waals surface area contributed by atoms with Gasteiger partial charge >= 0.3 is 0 Å². The molecule has 0 aliphatic carbocycles. The van der Waals surface area contributed by atoms with Crippen molar-refractivity contribution in [3.8, 4) is 5.75 Å². The molecule has 1 rings (SSSR count). The van der Waals surface area contributed by atoms with Crippen molar-refractivity contribution in [2.45, 2.75) is 32.2 Å². The monoisotopic (exact) mass is 211 g/mol. The molecule has 0 spiro atoms. The zero-order valence-electron chi connectivity index (χ0n) is 9.29. The van der Waals surface area contributed by atoms with Gasteiger partial charge in [0.2, 0.25) is 0 Å². The Hall–Kier alpha value is -1.09. The molecule has 2 N–H and O–H groups in total. The van der Waals surface area contributed by atoms with E-state index in [-0.39, 0.29) is 11.9 Å². The van der Waals surface area contributed by atoms with E-state index in [1.807, 2.05) is 0 Å². The molecule has 0 radical (unpaired) electrons. The zero-order valence-corrected chi connectivity index (χ0v) is 9.29. The second kappa shape index (κ2) is 5.71. The first-order chi connectivity index (χ1) is 7.19. The summed E-state index contributed by atoms with van der Waals surface area (Å²) in [6, 6.07) is 4.32. The lowest BCUT2D eigenvalue weighted by atomic mass is 10.0. The second-order valence-electron chi connectivity index (χ2n) is 3.63. The molecule has 0 aliphatic heterocycles. The molecule has 84 valence electrons. The average molecular weight is 211 g/mol. The third-order valence-electron chi connectivity index (χ3n) is 2.46. The number of rotatable bonds is 5. The van der Waals surface area contributed by atoms with Crippen molar-refractivity contribution in [2.24, 2.45) is 5.73 Å². The van der Waals surface area contributed by atoms with Crippen LogP contribution in [0.3, 0.4) is 0 Å². The van der Waals surface area contributed by atoms with Gasteiger partial charge < -0.3 is 10.5 Å². The van der Waals surface area contributed by atoms with Gasteiger partial charge in [-0.15, -0.1) is 0 Å². The lowest BCUT2D eigenvalue weighted by Gasteiger charge is -2.15. The molecule has 0 aliphatic rings. The Morgan fingerprint density at radius 3 is 2.80 bits per heavy atom. The van der Waals surface area contributed by atoms with Gasteiger partial charge in [-0.1, -0.05) is 19.8 Å². The fourth-order valence-electron chi connectivity index (χ4n) is 1.57. The minimum absolute atomic E-state index is 0.143. The maximum atomic E-state index is 13.1. The smallest absolute Gasteiger partial charge is 0.123 e. The van der Waals surface area contributed by atoms with Crippen LogP contribution < -0.4 is 10.5 Å². The van der Waals surface area contributed by atoms with Gasteiger partial charge in [-0.2, -0.15) is 0 Å². The first kappa shape index (κ1) is 12.0. The van der Waals surface area contributed by atoms with Crippen molar-refractivity contribution in [3.63, 3.8) is 0 Å². The predicted octanol–water partition coefficient (Wildman–Crippen LogP) is 3.02. The van der Waals surface area contributed by atoms with E-state index in [4.69, 9.17) is 10.5 Å². The molecule has 1 aromatic carbocycles. The molecule has 1 atom stereocenters. The van der Waals surface area contributed by atoms with E-state index in [2.05, 4.69) is 6.92 Å². The largest absolute Gasteiger partial charge is 0.496 e. The number of ether oxygens (including phenoxy) is 1. The van der Waals surface area contributed by atoms with Crippen molar-refractivity contribution in [1.29, 1.82) is 0 Å². The Morgan fingerprint density at radius 2 is 2.20 bits per heavy atom. The highest BCUT2D eigenvalue weighted by Gasteiger charge is 2.12. The molecule has 2 nitrogen and oxygen atoms in total. The summed E-state index contributed by atoms with van der Waals surface area (Å²) in [5, 5.41) is 0. The molecule has 1 aromatic rings. The third-order valence-corrected chi connectivity index (χ3v) is 2.46. The SMILES string of the molecule is CCCC[C@H](N)c1cc(F)ccc1OC. The summed E-state index contributed by atoms with van der Waals surface area (Å²) in [5.74, 6) is 0.401. The molecule has 0 fully saturated rings. The van der Waals surface area contributed by atoms with Crippen molar-refractivity contribution >= 4 is 0 Å². The topological polar surface area (TPSA) is 35.2 Å². The van der Waals surface area contributed by atoms with Gasteiger partial charge in [-0.05, 0) is 24.6 Å². The van der Waals surface area contributed by atoms with Crippen LogP contribution in [-0.4, -0.2) is 7.11 Å². The van der Waals surface area contributed by atoms with Gasteiger partial charge in [0.05, 0.1) is 7.11 Å². The van der Waals surface area contributed by atoms with Crippen molar-refractivity contribution in [2.75, 3.05) is 7.11 Å². The summed E-state index contributed by atoms with van der Waals surface area (Å²) in [5.41, 5.74) is 6.74. The third kappa shape index (κ3) is 3.20. The van der Waals surface area contributed by atoms with Crippen LogP contribution in [0.15, 0.2) is 18.2 Å². The summed E-state index contributed by atoms with van der Waals surface area (Å²) in [7, 11) is 1.57. The van der Waals surface area contributed by atoms with Crippen molar-refractivity contribution < 1.29 is 9.13 Å². The molecule has 15 heavy (non-hydrogen) atoms. The zero-order chi connectivity index (χ0) is 11.3. The van der Waals surface area contributed by atoms with Crippen LogP contribution >= 0.6 is 0 Å². The number of hydrogen-bond donors (Lipinski definition) is 1. The maximum Gasteiger partial charge on any atom is 0.123 e. The molecule has 0 bridgehead atoms. The van der Waals surface area contributed by atoms with Gasteiger partial charge in [0, 0.05) is 11.6 Å². The maximum absolute atomic E-state index is 13.1. The van der Waals surface area contributed by atoms with E-state index in [9.17, 15) is 4.39 Å². The predicted molar refractivity (Wildman–Crippen MR) is 59.4 cm³/mol. The first-order valence-corrected chi connectivity index (χ1v) is 5.28. The summed E-state index contributed by atoms with van der Waals surface area (Å²) in [6.45, 7) is 2.11. The number of benzene rings is 1. The normalized spacial score (nSPS) is 12.5. The Kier molecular flexibility index (Phi) is 4.56. The second-order valence-corrected chi connectivity index (χ2v) is 3.63. The van der Waals surface area contributed by atoms with E-state index in [0.29, 0.717) is 5.75 Å². The number of halogens is 1. The fraction of sp³-hybridized carbons (Fsp3) is 0.500. The van der Waals surface area contributed by atoms with E-state index in [1.54, 1.807) is 13.2 Å². The number of hydrogen-bond acceptors (Lipinski definition) is 2. The highest BCUT2D eigenvalue weighted by Crippen LogP contribution is 2.27. The van der Waals surface area contributed by atoms with Crippen LogP contribution in [0, 0.1) is 5.82 Å². The Labute approximate surface area is 90.2 Å². The molecule has 3 heteroatoms. The van der Waals surface area contributed by atoms with E-state index in [1.165, 1.54) is 12.1 Å². The molecule has 0 saturated heterocycles. The average Bonchev–Trinajstić information content (AvgIpc) is 2.25. The summed E-state index contributed by atoms with van der Waals surface area (Å²) in [4.78, 5) is 0. The Morgan fingerprint density at radius 1 is 1.47 bits per heavy atom. The quantitative estimate of drug-likeness (QED) is 0.812. The van der Waals surface area contributed by atoms with Crippen molar-refractivity contribution in [3.05, 3.63) is 29.6 Å². The number of nitrogens with two attached hydrogens (primary N) is 1. The van der Waals surface area contributed by atoms with Crippen LogP contribution in [0.25, 0.3) is 0 Å². The minimum atomic E-state index is -0.266. The molecule has 0 saturated carbocycles. The summed E-state index contributed by atoms with van der Waals surface area (Å²) >= 11 is 0. The first-order valence-electron chi connectivity index (χ1n) is 5.28. The summed E-state index contributed by atoms with van der Waals surface area (Å²) in [6.07, 6.45) is 2.99. The molecular weight excluding hydrogens is 193 g/mol. The van der Waals surface area contributed by atoms with E-state index >= 15 is 0 Å². The standard InChI is InChI=1S/C12H18FNO/c1-3-4-5-11(14)10-8-9(13)6-7-12(10)15-2/h6-8,11H,3-5,14H2,1-2H3/t11-/m0/s1.